The zero-order valence-electron chi connectivity index (χ0n) is 12.8. The first kappa shape index (κ1) is 15.9. The normalized spacial score (nSPS) is 20.3. The molecule has 1 aromatic carbocycles. The summed E-state index contributed by atoms with van der Waals surface area (Å²) in [6.45, 7) is 2.01. The van der Waals surface area contributed by atoms with Crippen molar-refractivity contribution in [1.29, 1.82) is 0 Å². The molecule has 1 heterocycles. The number of benzene rings is 1. The average molecular weight is 337 g/mol. The lowest BCUT2D eigenvalue weighted by Crippen LogP contribution is -2.38. The van der Waals surface area contributed by atoms with E-state index in [9.17, 15) is 18.0 Å². The molecule has 0 saturated heterocycles. The molecule has 1 aromatic rings. The van der Waals surface area contributed by atoms with E-state index in [2.05, 4.69) is 5.32 Å². The van der Waals surface area contributed by atoms with Crippen LogP contribution in [0.15, 0.2) is 23.1 Å². The first-order valence-corrected chi connectivity index (χ1v) is 9.05. The van der Waals surface area contributed by atoms with Gasteiger partial charge in [0.2, 0.25) is 0 Å². The van der Waals surface area contributed by atoms with Crippen molar-refractivity contribution in [2.45, 2.75) is 30.7 Å². The SMILES string of the molecule is CCN1C(=O)c2ccc(C(=O)NCC(N)C3CC3)cc2S1(=O)=O. The van der Waals surface area contributed by atoms with Gasteiger partial charge in [-0.1, -0.05) is 0 Å². The topological polar surface area (TPSA) is 110 Å². The molecule has 1 atom stereocenters. The Bertz CT molecular complexity index is 771. The number of nitrogens with two attached hydrogens (primary N) is 1. The van der Waals surface area contributed by atoms with Gasteiger partial charge in [0.25, 0.3) is 21.8 Å². The van der Waals surface area contributed by atoms with Crippen LogP contribution in [-0.2, 0) is 10.0 Å². The number of hydrogen-bond acceptors (Lipinski definition) is 5. The molecule has 1 saturated carbocycles. The third-order valence-corrected chi connectivity index (χ3v) is 6.18. The van der Waals surface area contributed by atoms with Crippen molar-refractivity contribution in [3.63, 3.8) is 0 Å². The lowest BCUT2D eigenvalue weighted by Gasteiger charge is -2.12. The van der Waals surface area contributed by atoms with Crippen LogP contribution in [-0.4, -0.2) is 43.7 Å². The molecule has 1 unspecified atom stereocenters. The van der Waals surface area contributed by atoms with Crippen LogP contribution in [0.4, 0.5) is 0 Å². The summed E-state index contributed by atoms with van der Waals surface area (Å²) in [5, 5.41) is 2.72. The van der Waals surface area contributed by atoms with E-state index in [4.69, 9.17) is 5.73 Å². The first-order chi connectivity index (χ1) is 10.9. The standard InChI is InChI=1S/C15H19N3O4S/c1-2-18-15(20)11-6-5-10(7-13(11)23(18,21)22)14(19)17-8-12(16)9-3-4-9/h5-7,9,12H,2-4,8,16H2,1H3,(H,17,19). The number of hydrogen-bond donors (Lipinski definition) is 2. The van der Waals surface area contributed by atoms with Gasteiger partial charge in [-0.3, -0.25) is 9.59 Å². The molecule has 3 N–H and O–H groups in total. The molecule has 124 valence electrons. The van der Waals surface area contributed by atoms with Gasteiger partial charge in [-0.05, 0) is 43.9 Å². The fourth-order valence-electron chi connectivity index (χ4n) is 2.73. The molecule has 2 amide bonds. The fraction of sp³-hybridized carbons (Fsp3) is 0.467. The van der Waals surface area contributed by atoms with E-state index in [0.717, 1.165) is 17.1 Å². The summed E-state index contributed by atoms with van der Waals surface area (Å²) in [6, 6.07) is 4.04. The lowest BCUT2D eigenvalue weighted by molar-refractivity contribution is 0.0874. The molecule has 8 heteroatoms. The number of sulfonamides is 1. The third-order valence-electron chi connectivity index (χ3n) is 4.28. The molecule has 0 bridgehead atoms. The number of rotatable bonds is 5. The van der Waals surface area contributed by atoms with Crippen LogP contribution >= 0.6 is 0 Å². The fourth-order valence-corrected chi connectivity index (χ4v) is 4.34. The number of carbonyl (C=O) groups excluding carboxylic acids is 2. The minimum atomic E-state index is -3.86. The average Bonchev–Trinajstić information content (AvgIpc) is 3.34. The number of carbonyl (C=O) groups is 2. The largest absolute Gasteiger partial charge is 0.350 e. The summed E-state index contributed by atoms with van der Waals surface area (Å²) >= 11 is 0. The quantitative estimate of drug-likeness (QED) is 0.804. The lowest BCUT2D eigenvalue weighted by atomic mass is 10.1. The van der Waals surface area contributed by atoms with E-state index in [1.165, 1.54) is 18.2 Å². The minimum Gasteiger partial charge on any atom is -0.350 e. The summed E-state index contributed by atoms with van der Waals surface area (Å²) in [4.78, 5) is 24.1. The van der Waals surface area contributed by atoms with Crippen LogP contribution in [0.2, 0.25) is 0 Å². The molecule has 1 aliphatic heterocycles. The summed E-state index contributed by atoms with van der Waals surface area (Å²) in [6.07, 6.45) is 2.17. The first-order valence-electron chi connectivity index (χ1n) is 7.61. The van der Waals surface area contributed by atoms with Gasteiger partial charge in [-0.15, -0.1) is 0 Å². The molecule has 2 aliphatic rings. The number of nitrogens with zero attached hydrogens (tertiary/aromatic N) is 1. The highest BCUT2D eigenvalue weighted by molar-refractivity contribution is 7.90. The summed E-state index contributed by atoms with van der Waals surface area (Å²) in [7, 11) is -3.86. The zero-order valence-corrected chi connectivity index (χ0v) is 13.6. The second-order valence-electron chi connectivity index (χ2n) is 5.90. The van der Waals surface area contributed by atoms with Gasteiger partial charge in [-0.25, -0.2) is 12.7 Å². The van der Waals surface area contributed by atoms with E-state index in [0.29, 0.717) is 12.5 Å². The Hall–Kier alpha value is -1.93. The van der Waals surface area contributed by atoms with Gasteiger partial charge in [-0.2, -0.15) is 0 Å². The van der Waals surface area contributed by atoms with Gasteiger partial charge in [0.15, 0.2) is 0 Å². The smallest absolute Gasteiger partial charge is 0.268 e. The Labute approximate surface area is 134 Å². The van der Waals surface area contributed by atoms with E-state index in [1.54, 1.807) is 6.92 Å². The van der Waals surface area contributed by atoms with Crippen molar-refractivity contribution in [3.8, 4) is 0 Å². The van der Waals surface area contributed by atoms with Crippen molar-refractivity contribution in [2.75, 3.05) is 13.1 Å². The Morgan fingerprint density at radius 2 is 2.13 bits per heavy atom. The summed E-state index contributed by atoms with van der Waals surface area (Å²) in [5.41, 5.74) is 6.25. The van der Waals surface area contributed by atoms with Crippen LogP contribution in [0.25, 0.3) is 0 Å². The van der Waals surface area contributed by atoms with E-state index < -0.39 is 15.9 Å². The molecule has 1 fully saturated rings. The molecule has 0 spiro atoms. The molecule has 1 aliphatic carbocycles. The zero-order chi connectivity index (χ0) is 16.8. The van der Waals surface area contributed by atoms with Crippen molar-refractivity contribution >= 4 is 21.8 Å². The number of nitrogens with one attached hydrogen (secondary N) is 1. The van der Waals surface area contributed by atoms with Gasteiger partial charge < -0.3 is 11.1 Å². The molecule has 23 heavy (non-hydrogen) atoms. The van der Waals surface area contributed by atoms with Crippen LogP contribution in [0.3, 0.4) is 0 Å². The molecule has 7 nitrogen and oxygen atoms in total. The van der Waals surface area contributed by atoms with Gasteiger partial charge in [0.1, 0.15) is 4.90 Å². The van der Waals surface area contributed by atoms with Gasteiger partial charge >= 0.3 is 0 Å². The molecule has 0 radical (unpaired) electrons. The number of amides is 2. The van der Waals surface area contributed by atoms with Crippen molar-refractivity contribution in [2.24, 2.45) is 11.7 Å². The van der Waals surface area contributed by atoms with Crippen LogP contribution in [0.5, 0.6) is 0 Å². The van der Waals surface area contributed by atoms with E-state index in [-0.39, 0.29) is 34.5 Å². The predicted octanol–water partition coefficient (Wildman–Crippen LogP) is 0.318. The van der Waals surface area contributed by atoms with Crippen molar-refractivity contribution in [3.05, 3.63) is 29.3 Å². The summed E-state index contributed by atoms with van der Waals surface area (Å²) < 4.78 is 25.4. The Morgan fingerprint density at radius 1 is 1.43 bits per heavy atom. The molecular formula is C15H19N3O4S. The highest BCUT2D eigenvalue weighted by Crippen LogP contribution is 2.32. The monoisotopic (exact) mass is 337 g/mol. The Morgan fingerprint density at radius 3 is 2.74 bits per heavy atom. The highest BCUT2D eigenvalue weighted by Gasteiger charge is 2.40. The molecular weight excluding hydrogens is 318 g/mol. The van der Waals surface area contributed by atoms with Crippen LogP contribution < -0.4 is 11.1 Å². The maximum atomic E-state index is 12.3. The second-order valence-corrected chi connectivity index (χ2v) is 7.73. The van der Waals surface area contributed by atoms with E-state index >= 15 is 0 Å². The summed E-state index contributed by atoms with van der Waals surface area (Å²) in [5.74, 6) is -0.474. The van der Waals surface area contributed by atoms with Gasteiger partial charge in [0, 0.05) is 24.7 Å². The van der Waals surface area contributed by atoms with Crippen LogP contribution in [0.1, 0.15) is 40.5 Å². The maximum Gasteiger partial charge on any atom is 0.268 e. The van der Waals surface area contributed by atoms with Crippen molar-refractivity contribution < 1.29 is 18.0 Å². The van der Waals surface area contributed by atoms with Gasteiger partial charge in [0.05, 0.1) is 5.56 Å². The second kappa shape index (κ2) is 5.61. The Kier molecular flexibility index (Phi) is 3.89. The Balaban J connectivity index is 1.81. The van der Waals surface area contributed by atoms with E-state index in [1.807, 2.05) is 0 Å². The minimum absolute atomic E-state index is 0.0631. The van der Waals surface area contributed by atoms with Crippen molar-refractivity contribution in [1.82, 2.24) is 9.62 Å². The highest BCUT2D eigenvalue weighted by atomic mass is 32.2. The molecule has 0 aromatic heterocycles. The third kappa shape index (κ3) is 2.72. The maximum absolute atomic E-state index is 12.3. The number of fused-ring (bicyclic) bond motifs is 1. The van der Waals surface area contributed by atoms with Crippen LogP contribution in [0, 0.1) is 5.92 Å². The molecule has 3 rings (SSSR count). The predicted molar refractivity (Wildman–Crippen MR) is 83.4 cm³/mol.